The lowest BCUT2D eigenvalue weighted by atomic mass is 10.00. The second kappa shape index (κ2) is 6.17. The number of rotatable bonds is 2. The van der Waals surface area contributed by atoms with Crippen molar-refractivity contribution in [1.82, 2.24) is 15.5 Å². The van der Waals surface area contributed by atoms with Gasteiger partial charge in [0.1, 0.15) is 0 Å². The third-order valence-corrected chi connectivity index (χ3v) is 3.47. The van der Waals surface area contributed by atoms with E-state index in [0.717, 1.165) is 31.0 Å². The number of halogens is 1. The maximum Gasteiger partial charge on any atom is 0.231 e. The highest BCUT2D eigenvalue weighted by Gasteiger charge is 2.21. The lowest BCUT2D eigenvalue weighted by Crippen LogP contribution is -2.28. The van der Waals surface area contributed by atoms with E-state index in [1.807, 2.05) is 18.2 Å². The maximum atomic E-state index is 5.41. The summed E-state index contributed by atoms with van der Waals surface area (Å²) in [6, 6.07) is 8.11. The van der Waals surface area contributed by atoms with Crippen LogP contribution in [0.15, 0.2) is 28.8 Å². The van der Waals surface area contributed by atoms with E-state index in [9.17, 15) is 0 Å². The van der Waals surface area contributed by atoms with Crippen molar-refractivity contribution in [1.29, 1.82) is 0 Å². The van der Waals surface area contributed by atoms with Crippen LogP contribution in [0.5, 0.6) is 0 Å². The molecule has 102 valence electrons. The third-order valence-electron chi connectivity index (χ3n) is 3.47. The molecule has 0 spiro atoms. The van der Waals surface area contributed by atoms with Crippen molar-refractivity contribution in [3.05, 3.63) is 35.7 Å². The fraction of sp³-hybridized carbons (Fsp3) is 0.429. The molecule has 0 saturated carbocycles. The van der Waals surface area contributed by atoms with Gasteiger partial charge in [-0.1, -0.05) is 29.4 Å². The Labute approximate surface area is 119 Å². The van der Waals surface area contributed by atoms with Gasteiger partial charge < -0.3 is 9.84 Å². The number of hydrogen-bond acceptors (Lipinski definition) is 4. The van der Waals surface area contributed by atoms with E-state index in [0.29, 0.717) is 11.7 Å². The van der Waals surface area contributed by atoms with Crippen LogP contribution in [0.25, 0.3) is 11.4 Å². The number of aryl methyl sites for hydroxylation is 1. The highest BCUT2D eigenvalue weighted by atomic mass is 35.5. The summed E-state index contributed by atoms with van der Waals surface area (Å²) >= 11 is 0. The van der Waals surface area contributed by atoms with E-state index in [-0.39, 0.29) is 12.4 Å². The summed E-state index contributed by atoms with van der Waals surface area (Å²) in [5.74, 6) is 1.83. The Kier molecular flexibility index (Phi) is 4.56. The molecule has 1 saturated heterocycles. The molecule has 0 bridgehead atoms. The summed E-state index contributed by atoms with van der Waals surface area (Å²) in [5.41, 5.74) is 2.22. The first kappa shape index (κ1) is 14.0. The Hall–Kier alpha value is -1.39. The molecule has 1 unspecified atom stereocenters. The molecular weight excluding hydrogens is 262 g/mol. The molecule has 2 aromatic rings. The molecular formula is C14H18ClN3O. The minimum Gasteiger partial charge on any atom is -0.339 e. The summed E-state index contributed by atoms with van der Waals surface area (Å²) in [7, 11) is 0. The van der Waals surface area contributed by atoms with Gasteiger partial charge in [-0.05, 0) is 31.9 Å². The smallest absolute Gasteiger partial charge is 0.231 e. The Morgan fingerprint density at radius 1 is 1.32 bits per heavy atom. The summed E-state index contributed by atoms with van der Waals surface area (Å²) < 4.78 is 5.41. The zero-order chi connectivity index (χ0) is 12.4. The maximum absolute atomic E-state index is 5.41. The van der Waals surface area contributed by atoms with Gasteiger partial charge in [-0.3, -0.25) is 0 Å². The molecule has 1 aliphatic heterocycles. The molecule has 5 heteroatoms. The standard InChI is InChI=1S/C14H17N3O.ClH/c1-10-5-2-3-7-12(10)13-16-14(18-17-13)11-6-4-8-15-9-11;/h2-3,5,7,11,15H,4,6,8-9H2,1H3;1H. The van der Waals surface area contributed by atoms with E-state index in [1.165, 1.54) is 12.0 Å². The highest BCUT2D eigenvalue weighted by Crippen LogP contribution is 2.25. The van der Waals surface area contributed by atoms with Crippen LogP contribution < -0.4 is 5.32 Å². The van der Waals surface area contributed by atoms with Crippen LogP contribution >= 0.6 is 12.4 Å². The SMILES string of the molecule is Cc1ccccc1-c1noc(C2CCCNC2)n1.Cl. The molecule has 1 aromatic carbocycles. The van der Waals surface area contributed by atoms with E-state index in [1.54, 1.807) is 0 Å². The van der Waals surface area contributed by atoms with Gasteiger partial charge >= 0.3 is 0 Å². The second-order valence-electron chi connectivity index (χ2n) is 4.81. The average Bonchev–Trinajstić information content (AvgIpc) is 2.90. The van der Waals surface area contributed by atoms with Crippen molar-refractivity contribution in [3.63, 3.8) is 0 Å². The van der Waals surface area contributed by atoms with Crippen LogP contribution in [-0.2, 0) is 0 Å². The Morgan fingerprint density at radius 3 is 2.89 bits per heavy atom. The molecule has 1 fully saturated rings. The summed E-state index contributed by atoms with van der Waals surface area (Å²) in [4.78, 5) is 4.55. The predicted molar refractivity (Wildman–Crippen MR) is 76.6 cm³/mol. The Morgan fingerprint density at radius 2 is 2.16 bits per heavy atom. The van der Waals surface area contributed by atoms with Gasteiger partial charge in [0.05, 0.1) is 5.92 Å². The van der Waals surface area contributed by atoms with Crippen molar-refractivity contribution < 1.29 is 4.52 Å². The highest BCUT2D eigenvalue weighted by molar-refractivity contribution is 5.85. The molecule has 1 aliphatic rings. The summed E-state index contributed by atoms with van der Waals surface area (Å²) in [6.45, 7) is 4.10. The van der Waals surface area contributed by atoms with E-state index < -0.39 is 0 Å². The van der Waals surface area contributed by atoms with Crippen molar-refractivity contribution in [3.8, 4) is 11.4 Å². The zero-order valence-corrected chi connectivity index (χ0v) is 11.7. The van der Waals surface area contributed by atoms with Gasteiger partial charge in [0.25, 0.3) is 0 Å². The van der Waals surface area contributed by atoms with Gasteiger partial charge in [0.15, 0.2) is 0 Å². The van der Waals surface area contributed by atoms with E-state index >= 15 is 0 Å². The number of hydrogen-bond donors (Lipinski definition) is 1. The van der Waals surface area contributed by atoms with Gasteiger partial charge in [0.2, 0.25) is 11.7 Å². The van der Waals surface area contributed by atoms with E-state index in [4.69, 9.17) is 4.52 Å². The largest absolute Gasteiger partial charge is 0.339 e. The van der Waals surface area contributed by atoms with Crippen molar-refractivity contribution >= 4 is 12.4 Å². The molecule has 0 radical (unpaired) electrons. The molecule has 1 N–H and O–H groups in total. The minimum absolute atomic E-state index is 0. The summed E-state index contributed by atoms with van der Waals surface area (Å²) in [6.07, 6.45) is 2.30. The molecule has 3 rings (SSSR count). The molecule has 0 amide bonds. The summed E-state index contributed by atoms with van der Waals surface area (Å²) in [5, 5.41) is 7.47. The fourth-order valence-electron chi connectivity index (χ4n) is 2.40. The van der Waals surface area contributed by atoms with Gasteiger partial charge in [-0.25, -0.2) is 0 Å². The monoisotopic (exact) mass is 279 g/mol. The van der Waals surface area contributed by atoms with Crippen molar-refractivity contribution in [2.45, 2.75) is 25.7 Å². The first-order valence-corrected chi connectivity index (χ1v) is 6.45. The first-order valence-electron chi connectivity index (χ1n) is 6.45. The molecule has 19 heavy (non-hydrogen) atoms. The molecule has 4 nitrogen and oxygen atoms in total. The molecule has 2 heterocycles. The van der Waals surface area contributed by atoms with Crippen LogP contribution in [0.2, 0.25) is 0 Å². The van der Waals surface area contributed by atoms with E-state index in [2.05, 4.69) is 28.4 Å². The normalized spacial score (nSPS) is 18.9. The van der Waals surface area contributed by atoms with Crippen LogP contribution in [-0.4, -0.2) is 23.2 Å². The minimum atomic E-state index is 0. The fourth-order valence-corrected chi connectivity index (χ4v) is 2.40. The van der Waals surface area contributed by atoms with Crippen LogP contribution in [0.1, 0.15) is 30.2 Å². The van der Waals surface area contributed by atoms with Gasteiger partial charge in [-0.15, -0.1) is 12.4 Å². The number of piperidine rings is 1. The second-order valence-corrected chi connectivity index (χ2v) is 4.81. The lowest BCUT2D eigenvalue weighted by molar-refractivity contribution is 0.322. The average molecular weight is 280 g/mol. The number of aromatic nitrogens is 2. The van der Waals surface area contributed by atoms with Crippen LogP contribution in [0, 0.1) is 6.92 Å². The van der Waals surface area contributed by atoms with Gasteiger partial charge in [-0.2, -0.15) is 4.98 Å². The number of nitrogens with one attached hydrogen (secondary N) is 1. The van der Waals surface area contributed by atoms with Crippen molar-refractivity contribution in [2.24, 2.45) is 0 Å². The molecule has 1 aromatic heterocycles. The van der Waals surface area contributed by atoms with Crippen molar-refractivity contribution in [2.75, 3.05) is 13.1 Å². The van der Waals surface area contributed by atoms with Crippen LogP contribution in [0.4, 0.5) is 0 Å². The zero-order valence-electron chi connectivity index (χ0n) is 10.9. The third kappa shape index (κ3) is 2.96. The quantitative estimate of drug-likeness (QED) is 0.918. The first-order chi connectivity index (χ1) is 8.84. The Bertz CT molecular complexity index is 535. The molecule has 0 aliphatic carbocycles. The molecule has 1 atom stereocenters. The topological polar surface area (TPSA) is 51.0 Å². The number of benzene rings is 1. The van der Waals surface area contributed by atoms with Gasteiger partial charge in [0, 0.05) is 12.1 Å². The number of nitrogens with zero attached hydrogens (tertiary/aromatic N) is 2. The van der Waals surface area contributed by atoms with Crippen LogP contribution in [0.3, 0.4) is 0 Å². The Balaban J connectivity index is 0.00000133. The lowest BCUT2D eigenvalue weighted by Gasteiger charge is -2.18. The predicted octanol–water partition coefficient (Wildman–Crippen LogP) is 2.93.